The van der Waals surface area contributed by atoms with Crippen LogP contribution in [-0.2, 0) is 7.05 Å². The van der Waals surface area contributed by atoms with E-state index in [-0.39, 0.29) is 22.6 Å². The van der Waals surface area contributed by atoms with Crippen LogP contribution in [0, 0.1) is 17.0 Å². The number of aromatic nitrogens is 2. The van der Waals surface area contributed by atoms with Gasteiger partial charge in [0.15, 0.2) is 0 Å². The van der Waals surface area contributed by atoms with Gasteiger partial charge in [0.05, 0.1) is 11.1 Å². The molecule has 1 amide bonds. The lowest BCUT2D eigenvalue weighted by Gasteiger charge is -2.09. The molecule has 0 unspecified atom stereocenters. The Bertz CT molecular complexity index is 1110. The summed E-state index contributed by atoms with van der Waals surface area (Å²) < 4.78 is 1.14. The van der Waals surface area contributed by atoms with E-state index in [1.54, 1.807) is 6.07 Å². The molecule has 0 atom stereocenters. The summed E-state index contributed by atoms with van der Waals surface area (Å²) in [5.41, 5.74) is 0.658. The van der Waals surface area contributed by atoms with Gasteiger partial charge in [-0.25, -0.2) is 4.79 Å². The van der Waals surface area contributed by atoms with Gasteiger partial charge in [-0.15, -0.1) is 0 Å². The summed E-state index contributed by atoms with van der Waals surface area (Å²) in [4.78, 5) is 36.1. The van der Waals surface area contributed by atoms with Crippen LogP contribution in [0.3, 0.4) is 0 Å². The first-order chi connectivity index (χ1) is 13.7. The lowest BCUT2D eigenvalue weighted by Crippen LogP contribution is -2.19. The number of carboxylic acids is 1. The molecule has 29 heavy (non-hydrogen) atoms. The number of carbonyl (C=O) groups is 2. The first kappa shape index (κ1) is 20.1. The van der Waals surface area contributed by atoms with Crippen LogP contribution in [0.4, 0.5) is 11.4 Å². The predicted octanol–water partition coefficient (Wildman–Crippen LogP) is 3.74. The van der Waals surface area contributed by atoms with Crippen molar-refractivity contribution in [1.29, 1.82) is 0 Å². The molecule has 2 aromatic carbocycles. The number of carbonyl (C=O) groups excluding carboxylic acids is 1. The number of amides is 1. The Morgan fingerprint density at radius 2 is 1.86 bits per heavy atom. The summed E-state index contributed by atoms with van der Waals surface area (Å²) in [5.74, 6) is -2.02. The Labute approximate surface area is 169 Å². The van der Waals surface area contributed by atoms with Crippen molar-refractivity contribution in [2.24, 2.45) is 7.05 Å². The Hall–Kier alpha value is -3.66. The van der Waals surface area contributed by atoms with Gasteiger partial charge in [-0.3, -0.25) is 19.6 Å². The van der Waals surface area contributed by atoms with Crippen molar-refractivity contribution in [2.75, 3.05) is 5.32 Å². The van der Waals surface area contributed by atoms with Crippen molar-refractivity contribution in [1.82, 2.24) is 9.78 Å². The minimum absolute atomic E-state index is 0.156. The molecule has 3 rings (SSSR count). The molecule has 3 aromatic rings. The van der Waals surface area contributed by atoms with Crippen molar-refractivity contribution in [3.05, 3.63) is 75.6 Å². The fourth-order valence-corrected chi connectivity index (χ4v) is 3.53. The number of carboxylic acid groups (broad SMARTS) is 1. The molecule has 1 aromatic heterocycles. The quantitative estimate of drug-likeness (QED) is 0.466. The summed E-state index contributed by atoms with van der Waals surface area (Å²) in [6.45, 7) is 1.96. The summed E-state index contributed by atoms with van der Waals surface area (Å²) in [5, 5.41) is 26.8. The van der Waals surface area contributed by atoms with Crippen molar-refractivity contribution >= 4 is 35.0 Å². The van der Waals surface area contributed by atoms with E-state index >= 15 is 0 Å². The van der Waals surface area contributed by atoms with Gasteiger partial charge < -0.3 is 10.4 Å². The number of hydrogen-bond donors (Lipinski definition) is 2. The van der Waals surface area contributed by atoms with E-state index in [1.165, 1.54) is 30.9 Å². The number of nitro groups is 1. The van der Waals surface area contributed by atoms with Gasteiger partial charge in [0, 0.05) is 34.7 Å². The number of nitrogens with one attached hydrogen (secondary N) is 1. The highest BCUT2D eigenvalue weighted by molar-refractivity contribution is 7.99. The number of aromatic carboxylic acids is 1. The monoisotopic (exact) mass is 412 g/mol. The SMILES string of the molecule is Cc1ccc(Sc2cc(NC(=O)c3c(C(=O)O)cnn3C)cc([N+](=O)[O-])c2)cc1. The van der Waals surface area contributed by atoms with Gasteiger partial charge in [-0.1, -0.05) is 29.5 Å². The van der Waals surface area contributed by atoms with Crippen molar-refractivity contribution < 1.29 is 19.6 Å². The summed E-state index contributed by atoms with van der Waals surface area (Å²) in [7, 11) is 1.44. The molecule has 2 N–H and O–H groups in total. The number of benzene rings is 2. The van der Waals surface area contributed by atoms with Gasteiger partial charge in [0.1, 0.15) is 11.3 Å². The number of nitrogens with zero attached hydrogens (tertiary/aromatic N) is 3. The molecule has 0 saturated heterocycles. The number of aryl methyl sites for hydroxylation is 2. The van der Waals surface area contributed by atoms with Crippen LogP contribution in [-0.4, -0.2) is 31.7 Å². The van der Waals surface area contributed by atoms with Crippen LogP contribution in [0.15, 0.2) is 58.5 Å². The highest BCUT2D eigenvalue weighted by Crippen LogP contribution is 2.33. The van der Waals surface area contributed by atoms with Gasteiger partial charge in [-0.2, -0.15) is 5.10 Å². The van der Waals surface area contributed by atoms with Crippen molar-refractivity contribution in [3.8, 4) is 0 Å². The first-order valence-corrected chi connectivity index (χ1v) is 9.17. The highest BCUT2D eigenvalue weighted by atomic mass is 32.2. The van der Waals surface area contributed by atoms with E-state index in [0.717, 1.165) is 21.3 Å². The Balaban J connectivity index is 1.92. The number of non-ortho nitro benzene ring substituents is 1. The van der Waals surface area contributed by atoms with E-state index < -0.39 is 16.8 Å². The second-order valence-electron chi connectivity index (χ2n) is 6.18. The maximum atomic E-state index is 12.6. The number of rotatable bonds is 6. The summed E-state index contributed by atoms with van der Waals surface area (Å²) in [6, 6.07) is 11.9. The standard InChI is InChI=1S/C19H16N4O5S/c1-11-3-5-14(6-4-11)29-15-8-12(7-13(9-15)23(27)28)21-18(24)17-16(19(25)26)10-20-22(17)2/h3-10H,1-2H3,(H,21,24)(H,25,26). The van der Waals surface area contributed by atoms with Crippen molar-refractivity contribution in [2.45, 2.75) is 16.7 Å². The smallest absolute Gasteiger partial charge is 0.339 e. The maximum Gasteiger partial charge on any atom is 0.339 e. The van der Waals surface area contributed by atoms with Gasteiger partial charge in [0.25, 0.3) is 11.6 Å². The van der Waals surface area contributed by atoms with Crippen LogP contribution < -0.4 is 5.32 Å². The van der Waals surface area contributed by atoms with Crippen LogP contribution in [0.1, 0.15) is 26.4 Å². The van der Waals surface area contributed by atoms with Gasteiger partial charge >= 0.3 is 5.97 Å². The average molecular weight is 412 g/mol. The Kier molecular flexibility index (Phi) is 5.64. The average Bonchev–Trinajstić information content (AvgIpc) is 3.05. The minimum atomic E-state index is -1.29. The number of anilines is 1. The fourth-order valence-electron chi connectivity index (χ4n) is 2.62. The first-order valence-electron chi connectivity index (χ1n) is 8.35. The molecule has 0 aliphatic rings. The van der Waals surface area contributed by atoms with Crippen molar-refractivity contribution in [3.63, 3.8) is 0 Å². The lowest BCUT2D eigenvalue weighted by molar-refractivity contribution is -0.385. The molecule has 0 aliphatic carbocycles. The van der Waals surface area contributed by atoms with Gasteiger partial charge in [0.2, 0.25) is 0 Å². The molecule has 9 nitrogen and oxygen atoms in total. The Morgan fingerprint density at radius 3 is 2.48 bits per heavy atom. The van der Waals surface area contributed by atoms with Crippen LogP contribution >= 0.6 is 11.8 Å². The molecular weight excluding hydrogens is 396 g/mol. The van der Waals surface area contributed by atoms with Gasteiger partial charge in [-0.05, 0) is 25.1 Å². The normalized spacial score (nSPS) is 10.6. The molecule has 0 radical (unpaired) electrons. The molecule has 0 spiro atoms. The van der Waals surface area contributed by atoms with Crippen LogP contribution in [0.5, 0.6) is 0 Å². The molecule has 148 valence electrons. The zero-order valence-corrected chi connectivity index (χ0v) is 16.3. The molecule has 0 aliphatic heterocycles. The molecule has 10 heteroatoms. The third-order valence-electron chi connectivity index (χ3n) is 4.00. The molecule has 0 bridgehead atoms. The largest absolute Gasteiger partial charge is 0.478 e. The minimum Gasteiger partial charge on any atom is -0.478 e. The second-order valence-corrected chi connectivity index (χ2v) is 7.32. The van der Waals surface area contributed by atoms with Crippen LogP contribution in [0.25, 0.3) is 0 Å². The predicted molar refractivity (Wildman–Crippen MR) is 107 cm³/mol. The van der Waals surface area contributed by atoms with Crippen LogP contribution in [0.2, 0.25) is 0 Å². The van der Waals surface area contributed by atoms with E-state index in [1.807, 2.05) is 31.2 Å². The molecular formula is C19H16N4O5S. The summed E-state index contributed by atoms with van der Waals surface area (Å²) in [6.07, 6.45) is 1.07. The molecule has 0 saturated carbocycles. The number of nitro benzene ring substituents is 1. The molecule has 0 fully saturated rings. The van der Waals surface area contributed by atoms with E-state index in [4.69, 9.17) is 0 Å². The van der Waals surface area contributed by atoms with E-state index in [0.29, 0.717) is 4.90 Å². The lowest BCUT2D eigenvalue weighted by atomic mass is 10.2. The zero-order valence-electron chi connectivity index (χ0n) is 15.4. The zero-order chi connectivity index (χ0) is 21.1. The highest BCUT2D eigenvalue weighted by Gasteiger charge is 2.22. The fraction of sp³-hybridized carbons (Fsp3) is 0.105. The third-order valence-corrected chi connectivity index (χ3v) is 4.98. The third kappa shape index (κ3) is 4.61. The topological polar surface area (TPSA) is 127 Å². The number of hydrogen-bond acceptors (Lipinski definition) is 6. The maximum absolute atomic E-state index is 12.6. The Morgan fingerprint density at radius 1 is 1.17 bits per heavy atom. The summed E-state index contributed by atoms with van der Waals surface area (Å²) >= 11 is 1.31. The molecule has 1 heterocycles. The van der Waals surface area contributed by atoms with E-state index in [2.05, 4.69) is 10.4 Å². The van der Waals surface area contributed by atoms with E-state index in [9.17, 15) is 24.8 Å². The second kappa shape index (κ2) is 8.15.